The number of carbonyl (C=O) groups is 1. The zero-order valence-corrected chi connectivity index (χ0v) is 9.80. The van der Waals surface area contributed by atoms with Crippen molar-refractivity contribution in [1.82, 2.24) is 10.3 Å². The number of aromatic nitrogens is 1. The van der Waals surface area contributed by atoms with Crippen LogP contribution in [0, 0.1) is 0 Å². The Morgan fingerprint density at radius 3 is 3.12 bits per heavy atom. The maximum absolute atomic E-state index is 10.7. The lowest BCUT2D eigenvalue weighted by molar-refractivity contribution is -0.118. The first kappa shape index (κ1) is 10.9. The molecular weight excluding hydrogens is 222 g/mol. The van der Waals surface area contributed by atoms with Gasteiger partial charge < -0.3 is 11.1 Å². The highest BCUT2D eigenvalue weighted by Gasteiger charge is 2.05. The van der Waals surface area contributed by atoms with Crippen molar-refractivity contribution in [3.8, 4) is 0 Å². The number of rotatable bonds is 3. The Morgan fingerprint density at radius 2 is 2.38 bits per heavy atom. The van der Waals surface area contributed by atoms with Crippen molar-refractivity contribution in [1.29, 1.82) is 0 Å². The second kappa shape index (κ2) is 4.49. The second-order valence-electron chi connectivity index (χ2n) is 3.58. The molecule has 0 fully saturated rings. The van der Waals surface area contributed by atoms with Gasteiger partial charge in [-0.25, -0.2) is 4.98 Å². The van der Waals surface area contributed by atoms with Gasteiger partial charge in [-0.2, -0.15) is 0 Å². The average molecular weight is 235 g/mol. The van der Waals surface area contributed by atoms with Gasteiger partial charge >= 0.3 is 0 Å². The molecule has 16 heavy (non-hydrogen) atoms. The Hall–Kier alpha value is -1.62. The summed E-state index contributed by atoms with van der Waals surface area (Å²) in [6, 6.07) is 3.78. The lowest BCUT2D eigenvalue weighted by atomic mass is 10.2. The molecule has 5 heteroatoms. The Kier molecular flexibility index (Phi) is 3.05. The highest BCUT2D eigenvalue weighted by atomic mass is 32.1. The van der Waals surface area contributed by atoms with Crippen LogP contribution in [0.5, 0.6) is 0 Å². The minimum Gasteiger partial charge on any atom is -0.384 e. The van der Waals surface area contributed by atoms with E-state index in [4.69, 9.17) is 5.73 Å². The van der Waals surface area contributed by atoms with Crippen LogP contribution in [0.15, 0.2) is 17.5 Å². The molecule has 2 rings (SSSR count). The van der Waals surface area contributed by atoms with Crippen molar-refractivity contribution >= 4 is 33.3 Å². The van der Waals surface area contributed by atoms with Crippen LogP contribution >= 0.6 is 11.3 Å². The van der Waals surface area contributed by atoms with Gasteiger partial charge in [0.15, 0.2) is 0 Å². The van der Waals surface area contributed by atoms with E-state index in [1.807, 2.05) is 6.07 Å². The third kappa shape index (κ3) is 2.30. The maximum atomic E-state index is 10.7. The van der Waals surface area contributed by atoms with E-state index < -0.39 is 0 Å². The molecule has 4 nitrogen and oxygen atoms in total. The van der Waals surface area contributed by atoms with E-state index in [-0.39, 0.29) is 5.91 Å². The van der Waals surface area contributed by atoms with E-state index in [9.17, 15) is 4.79 Å². The molecule has 3 N–H and O–H groups in total. The van der Waals surface area contributed by atoms with E-state index in [1.54, 1.807) is 17.4 Å². The number of fused-ring (bicyclic) bond motifs is 1. The number of pyridine rings is 1. The number of nitrogen functional groups attached to an aromatic ring is 1. The zero-order valence-electron chi connectivity index (χ0n) is 8.99. The van der Waals surface area contributed by atoms with Gasteiger partial charge in [0.25, 0.3) is 0 Å². The SMILES string of the molecule is CC(=O)NCCc1csc2ccc(N)nc12. The van der Waals surface area contributed by atoms with Crippen LogP contribution in [0.3, 0.4) is 0 Å². The number of hydrogen-bond donors (Lipinski definition) is 2. The third-order valence-corrected chi connectivity index (χ3v) is 3.27. The van der Waals surface area contributed by atoms with Crippen molar-refractivity contribution in [3.63, 3.8) is 0 Å². The molecule has 0 atom stereocenters. The van der Waals surface area contributed by atoms with E-state index in [0.29, 0.717) is 12.4 Å². The number of nitrogens with one attached hydrogen (secondary N) is 1. The number of carbonyl (C=O) groups excluding carboxylic acids is 1. The number of nitrogens with zero attached hydrogens (tertiary/aromatic N) is 1. The summed E-state index contributed by atoms with van der Waals surface area (Å²) in [5.74, 6) is 0.527. The molecule has 1 amide bonds. The smallest absolute Gasteiger partial charge is 0.216 e. The van der Waals surface area contributed by atoms with Gasteiger partial charge in [-0.1, -0.05) is 0 Å². The van der Waals surface area contributed by atoms with Crippen molar-refractivity contribution < 1.29 is 4.79 Å². The Balaban J connectivity index is 2.17. The molecule has 0 aromatic carbocycles. The molecule has 84 valence electrons. The summed E-state index contributed by atoms with van der Waals surface area (Å²) >= 11 is 1.65. The minimum atomic E-state index is -0.00740. The molecule has 0 bridgehead atoms. The van der Waals surface area contributed by atoms with Gasteiger partial charge in [-0.15, -0.1) is 11.3 Å². The van der Waals surface area contributed by atoms with Crippen LogP contribution in [0.25, 0.3) is 10.2 Å². The molecule has 0 saturated carbocycles. The summed E-state index contributed by atoms with van der Waals surface area (Å²) in [6.07, 6.45) is 0.788. The molecular formula is C11H13N3OS. The fourth-order valence-electron chi connectivity index (χ4n) is 1.53. The summed E-state index contributed by atoms with van der Waals surface area (Å²) in [5, 5.41) is 4.84. The molecule has 2 aromatic rings. The van der Waals surface area contributed by atoms with Crippen molar-refractivity contribution in [2.45, 2.75) is 13.3 Å². The summed E-state index contributed by atoms with van der Waals surface area (Å²) in [5.41, 5.74) is 7.75. The first-order valence-corrected chi connectivity index (χ1v) is 5.92. The molecule has 0 radical (unpaired) electrons. The van der Waals surface area contributed by atoms with Gasteiger partial charge in [0.05, 0.1) is 10.2 Å². The summed E-state index contributed by atoms with van der Waals surface area (Å²) in [6.45, 7) is 2.15. The highest BCUT2D eigenvalue weighted by Crippen LogP contribution is 2.25. The first-order valence-electron chi connectivity index (χ1n) is 5.04. The summed E-state index contributed by atoms with van der Waals surface area (Å²) in [7, 11) is 0. The number of amides is 1. The Bertz CT molecular complexity index is 521. The van der Waals surface area contributed by atoms with Gasteiger partial charge in [0.1, 0.15) is 5.82 Å². The molecule has 2 aromatic heterocycles. The van der Waals surface area contributed by atoms with Crippen molar-refractivity contribution in [2.75, 3.05) is 12.3 Å². The molecule has 0 saturated heterocycles. The molecule has 0 aliphatic heterocycles. The standard InChI is InChI=1S/C11H13N3OS/c1-7(15)13-5-4-8-6-16-9-2-3-10(12)14-11(8)9/h2-3,6H,4-5H2,1H3,(H2,12,14)(H,13,15). The molecule has 0 aliphatic rings. The van der Waals surface area contributed by atoms with Crippen LogP contribution in [-0.4, -0.2) is 17.4 Å². The van der Waals surface area contributed by atoms with Gasteiger partial charge in [0.2, 0.25) is 5.91 Å². The normalized spacial score (nSPS) is 10.6. The number of anilines is 1. The van der Waals surface area contributed by atoms with Crippen LogP contribution in [0.4, 0.5) is 5.82 Å². The lowest BCUT2D eigenvalue weighted by Crippen LogP contribution is -2.22. The van der Waals surface area contributed by atoms with Crippen molar-refractivity contribution in [3.05, 3.63) is 23.1 Å². The van der Waals surface area contributed by atoms with Gasteiger partial charge in [0, 0.05) is 13.5 Å². The van der Waals surface area contributed by atoms with Crippen LogP contribution in [-0.2, 0) is 11.2 Å². The second-order valence-corrected chi connectivity index (χ2v) is 4.49. The average Bonchev–Trinajstić information content (AvgIpc) is 2.60. The number of thiophene rings is 1. The molecule has 2 heterocycles. The predicted molar refractivity (Wildman–Crippen MR) is 66.4 cm³/mol. The lowest BCUT2D eigenvalue weighted by Gasteiger charge is -2.01. The summed E-state index contributed by atoms with van der Waals surface area (Å²) in [4.78, 5) is 15.1. The van der Waals surface area contributed by atoms with E-state index in [0.717, 1.165) is 22.2 Å². The molecule has 0 unspecified atom stereocenters. The van der Waals surface area contributed by atoms with E-state index in [1.165, 1.54) is 6.92 Å². The van der Waals surface area contributed by atoms with E-state index >= 15 is 0 Å². The predicted octanol–water partition coefficient (Wildman–Crippen LogP) is 1.56. The van der Waals surface area contributed by atoms with Gasteiger partial charge in [-0.3, -0.25) is 4.79 Å². The van der Waals surface area contributed by atoms with Gasteiger partial charge in [-0.05, 0) is 29.5 Å². The number of hydrogen-bond acceptors (Lipinski definition) is 4. The Morgan fingerprint density at radius 1 is 1.56 bits per heavy atom. The number of nitrogens with two attached hydrogens (primary N) is 1. The van der Waals surface area contributed by atoms with Crippen LogP contribution in [0.1, 0.15) is 12.5 Å². The largest absolute Gasteiger partial charge is 0.384 e. The van der Waals surface area contributed by atoms with Crippen LogP contribution in [0.2, 0.25) is 0 Å². The maximum Gasteiger partial charge on any atom is 0.216 e. The zero-order chi connectivity index (χ0) is 11.5. The Labute approximate surface area is 97.5 Å². The summed E-state index contributed by atoms with van der Waals surface area (Å²) < 4.78 is 1.13. The van der Waals surface area contributed by atoms with Crippen LogP contribution < -0.4 is 11.1 Å². The monoisotopic (exact) mass is 235 g/mol. The minimum absolute atomic E-state index is 0.00740. The third-order valence-electron chi connectivity index (χ3n) is 2.28. The van der Waals surface area contributed by atoms with E-state index in [2.05, 4.69) is 15.7 Å². The fourth-order valence-corrected chi connectivity index (χ4v) is 2.46. The topological polar surface area (TPSA) is 68.0 Å². The quantitative estimate of drug-likeness (QED) is 0.848. The van der Waals surface area contributed by atoms with Crippen molar-refractivity contribution in [2.24, 2.45) is 0 Å². The highest BCUT2D eigenvalue weighted by molar-refractivity contribution is 7.17. The molecule has 0 aliphatic carbocycles. The first-order chi connectivity index (χ1) is 7.66. The molecule has 0 spiro atoms. The fraction of sp³-hybridized carbons (Fsp3) is 0.273.